The molecule has 1 aliphatic heterocycles. The number of ether oxygens (including phenoxy) is 1. The van der Waals surface area contributed by atoms with Crippen molar-refractivity contribution in [2.24, 2.45) is 0 Å². The van der Waals surface area contributed by atoms with E-state index < -0.39 is 6.36 Å². The molecule has 9 nitrogen and oxygen atoms in total. The second kappa shape index (κ2) is 11.3. The average Bonchev–Trinajstić information content (AvgIpc) is 3.66. The number of amides is 1. The van der Waals surface area contributed by atoms with E-state index in [1.54, 1.807) is 4.68 Å². The molecule has 0 bridgehead atoms. The van der Waals surface area contributed by atoms with Crippen LogP contribution >= 0.6 is 0 Å². The Bertz CT molecular complexity index is 1410. The van der Waals surface area contributed by atoms with Gasteiger partial charge in [0.05, 0.1) is 6.54 Å². The van der Waals surface area contributed by atoms with Crippen LogP contribution in [0.15, 0.2) is 59.1 Å². The van der Waals surface area contributed by atoms with Crippen molar-refractivity contribution < 1.29 is 27.2 Å². The summed E-state index contributed by atoms with van der Waals surface area (Å²) in [6.07, 6.45) is -1.87. The summed E-state index contributed by atoms with van der Waals surface area (Å²) in [4.78, 5) is 18.9. The van der Waals surface area contributed by atoms with E-state index in [1.807, 2.05) is 37.3 Å². The summed E-state index contributed by atoms with van der Waals surface area (Å²) < 4.78 is 48.2. The Labute approximate surface area is 222 Å². The van der Waals surface area contributed by atoms with Crippen LogP contribution in [0.1, 0.15) is 30.5 Å². The van der Waals surface area contributed by atoms with Gasteiger partial charge in [-0.1, -0.05) is 17.3 Å². The van der Waals surface area contributed by atoms with E-state index in [-0.39, 0.29) is 23.4 Å². The van der Waals surface area contributed by atoms with Crippen molar-refractivity contribution >= 4 is 11.6 Å². The van der Waals surface area contributed by atoms with Crippen LogP contribution in [0.5, 0.6) is 5.75 Å². The fraction of sp³-hybridized carbons (Fsp3) is 0.333. The fourth-order valence-corrected chi connectivity index (χ4v) is 4.38. The smallest absolute Gasteiger partial charge is 0.406 e. The number of aryl methyl sites for hydroxylation is 1. The molecule has 2 aromatic heterocycles. The normalized spacial score (nSPS) is 14.1. The van der Waals surface area contributed by atoms with Gasteiger partial charge >= 0.3 is 6.36 Å². The zero-order valence-corrected chi connectivity index (χ0v) is 21.2. The van der Waals surface area contributed by atoms with E-state index >= 15 is 0 Å². The number of hydrogen-bond acceptors (Lipinski definition) is 7. The highest BCUT2D eigenvalue weighted by molar-refractivity contribution is 5.90. The third kappa shape index (κ3) is 7.02. The van der Waals surface area contributed by atoms with Crippen molar-refractivity contribution in [1.82, 2.24) is 24.8 Å². The van der Waals surface area contributed by atoms with Gasteiger partial charge in [-0.15, -0.1) is 13.2 Å². The standard InChI is InChI=1S/C27H27F3N6O3/c1-18-16-23(26-32-25(34-39-26)20-6-10-22(11-7-20)38-27(28,29)30)33-36(18)17-19-4-8-21(9-5-19)31-24(37)12-15-35-13-2-3-14-35/h4-11,16H,2-3,12-15,17H2,1H3,(H,31,37). The molecular weight excluding hydrogens is 513 g/mol. The van der Waals surface area contributed by atoms with Gasteiger partial charge in [-0.3, -0.25) is 9.48 Å². The van der Waals surface area contributed by atoms with Crippen molar-refractivity contribution in [3.8, 4) is 28.7 Å². The van der Waals surface area contributed by atoms with Crippen molar-refractivity contribution in [2.45, 2.75) is 39.1 Å². The average molecular weight is 541 g/mol. The number of likely N-dealkylation sites (tertiary alicyclic amines) is 1. The van der Waals surface area contributed by atoms with E-state index in [2.05, 4.69) is 30.2 Å². The molecule has 39 heavy (non-hydrogen) atoms. The molecule has 0 unspecified atom stereocenters. The van der Waals surface area contributed by atoms with Gasteiger partial charge in [0, 0.05) is 29.9 Å². The maximum Gasteiger partial charge on any atom is 0.573 e. The zero-order valence-electron chi connectivity index (χ0n) is 21.2. The molecule has 1 fully saturated rings. The first kappa shape index (κ1) is 26.4. The van der Waals surface area contributed by atoms with Gasteiger partial charge < -0.3 is 19.5 Å². The van der Waals surface area contributed by atoms with Crippen LogP contribution in [0.2, 0.25) is 0 Å². The van der Waals surface area contributed by atoms with Gasteiger partial charge in [0.1, 0.15) is 5.75 Å². The quantitative estimate of drug-likeness (QED) is 0.308. The summed E-state index contributed by atoms with van der Waals surface area (Å²) in [6, 6.07) is 14.6. The van der Waals surface area contributed by atoms with Crippen molar-refractivity contribution in [3.63, 3.8) is 0 Å². The lowest BCUT2D eigenvalue weighted by Crippen LogP contribution is -2.25. The Morgan fingerprint density at radius 3 is 2.49 bits per heavy atom. The molecule has 0 spiro atoms. The Balaban J connectivity index is 1.19. The van der Waals surface area contributed by atoms with Crippen LogP contribution in [0.4, 0.5) is 18.9 Å². The first-order valence-electron chi connectivity index (χ1n) is 12.6. The maximum absolute atomic E-state index is 12.4. The molecule has 1 N–H and O–H groups in total. The van der Waals surface area contributed by atoms with Gasteiger partial charge in [0.25, 0.3) is 5.89 Å². The Hall–Kier alpha value is -4.19. The summed E-state index contributed by atoms with van der Waals surface area (Å²) >= 11 is 0. The summed E-state index contributed by atoms with van der Waals surface area (Å²) in [5.74, 6) is 0.0762. The van der Waals surface area contributed by atoms with Crippen LogP contribution in [0.25, 0.3) is 23.0 Å². The summed E-state index contributed by atoms with van der Waals surface area (Å²) in [6.45, 7) is 5.33. The molecule has 0 atom stereocenters. The van der Waals surface area contributed by atoms with Crippen LogP contribution in [-0.2, 0) is 11.3 Å². The number of benzene rings is 2. The molecule has 2 aromatic carbocycles. The van der Waals surface area contributed by atoms with E-state index in [1.165, 1.54) is 37.1 Å². The molecule has 5 rings (SSSR count). The Morgan fingerprint density at radius 1 is 1.08 bits per heavy atom. The van der Waals surface area contributed by atoms with E-state index in [9.17, 15) is 18.0 Å². The monoisotopic (exact) mass is 540 g/mol. The Kier molecular flexibility index (Phi) is 7.64. The highest BCUT2D eigenvalue weighted by Gasteiger charge is 2.31. The van der Waals surface area contributed by atoms with Gasteiger partial charge in [0.2, 0.25) is 11.7 Å². The number of rotatable bonds is 9. The number of aromatic nitrogens is 4. The van der Waals surface area contributed by atoms with Gasteiger partial charge in [-0.25, -0.2) is 0 Å². The third-order valence-corrected chi connectivity index (χ3v) is 6.40. The topological polar surface area (TPSA) is 98.3 Å². The molecule has 4 aromatic rings. The number of carbonyl (C=O) groups excluding carboxylic acids is 1. The zero-order chi connectivity index (χ0) is 27.4. The lowest BCUT2D eigenvalue weighted by Gasteiger charge is -2.14. The molecule has 204 valence electrons. The number of nitrogens with one attached hydrogen (secondary N) is 1. The van der Waals surface area contributed by atoms with Gasteiger partial charge in [-0.05, 0) is 80.9 Å². The first-order chi connectivity index (χ1) is 18.7. The number of halogens is 3. The molecule has 0 saturated carbocycles. The number of anilines is 1. The van der Waals surface area contributed by atoms with Crippen LogP contribution in [-0.4, -0.2) is 56.7 Å². The number of nitrogens with zero attached hydrogens (tertiary/aromatic N) is 5. The second-order valence-electron chi connectivity index (χ2n) is 9.37. The molecule has 1 amide bonds. The van der Waals surface area contributed by atoms with Crippen LogP contribution in [0, 0.1) is 6.92 Å². The van der Waals surface area contributed by atoms with Crippen LogP contribution in [0.3, 0.4) is 0 Å². The van der Waals surface area contributed by atoms with Crippen molar-refractivity contribution in [1.29, 1.82) is 0 Å². The fourth-order valence-electron chi connectivity index (χ4n) is 4.38. The summed E-state index contributed by atoms with van der Waals surface area (Å²) in [5, 5.41) is 11.4. The highest BCUT2D eigenvalue weighted by Crippen LogP contribution is 2.27. The van der Waals surface area contributed by atoms with Crippen molar-refractivity contribution in [3.05, 3.63) is 65.9 Å². The maximum atomic E-state index is 12.4. The number of carbonyl (C=O) groups is 1. The minimum absolute atomic E-state index is 0.00622. The predicted molar refractivity (Wildman–Crippen MR) is 137 cm³/mol. The molecule has 3 heterocycles. The SMILES string of the molecule is Cc1cc(-c2nc(-c3ccc(OC(F)(F)F)cc3)no2)nn1Cc1ccc(NC(=O)CCN2CCCC2)cc1. The molecule has 0 radical (unpaired) electrons. The summed E-state index contributed by atoms with van der Waals surface area (Å²) in [5.41, 5.74) is 3.57. The second-order valence-corrected chi connectivity index (χ2v) is 9.37. The van der Waals surface area contributed by atoms with E-state index in [0.29, 0.717) is 24.2 Å². The van der Waals surface area contributed by atoms with Crippen LogP contribution < -0.4 is 10.1 Å². The molecule has 12 heteroatoms. The Morgan fingerprint density at radius 2 is 1.79 bits per heavy atom. The predicted octanol–water partition coefficient (Wildman–Crippen LogP) is 5.28. The number of alkyl halides is 3. The summed E-state index contributed by atoms with van der Waals surface area (Å²) in [7, 11) is 0. The first-order valence-corrected chi connectivity index (χ1v) is 12.6. The van der Waals surface area contributed by atoms with E-state index in [4.69, 9.17) is 4.52 Å². The third-order valence-electron chi connectivity index (χ3n) is 6.40. The molecule has 0 aliphatic carbocycles. The minimum atomic E-state index is -4.76. The van der Waals surface area contributed by atoms with Gasteiger partial charge in [0.15, 0.2) is 5.69 Å². The number of hydrogen-bond donors (Lipinski definition) is 1. The largest absolute Gasteiger partial charge is 0.573 e. The van der Waals surface area contributed by atoms with Gasteiger partial charge in [-0.2, -0.15) is 10.1 Å². The molecule has 1 saturated heterocycles. The lowest BCUT2D eigenvalue weighted by atomic mass is 10.2. The van der Waals surface area contributed by atoms with E-state index in [0.717, 1.165) is 36.6 Å². The highest BCUT2D eigenvalue weighted by atomic mass is 19.4. The lowest BCUT2D eigenvalue weighted by molar-refractivity contribution is -0.274. The van der Waals surface area contributed by atoms with Crippen molar-refractivity contribution in [2.75, 3.05) is 25.0 Å². The molecular formula is C27H27F3N6O3. The minimum Gasteiger partial charge on any atom is -0.406 e. The molecule has 1 aliphatic rings.